The fourth-order valence-electron chi connectivity index (χ4n) is 3.85. The maximum Gasteiger partial charge on any atom is 0.267 e. The van der Waals surface area contributed by atoms with Gasteiger partial charge in [-0.25, -0.2) is 4.68 Å². The average Bonchev–Trinajstić information content (AvgIpc) is 3.17. The number of hydrogen-bond donors (Lipinski definition) is 1. The average molecular weight is 340 g/mol. The van der Waals surface area contributed by atoms with Crippen molar-refractivity contribution in [2.75, 3.05) is 13.2 Å². The lowest BCUT2D eigenvalue weighted by molar-refractivity contribution is 0.183. The van der Waals surface area contributed by atoms with E-state index in [1.807, 2.05) is 12.1 Å². The van der Waals surface area contributed by atoms with Crippen molar-refractivity contribution in [1.29, 1.82) is 0 Å². The highest BCUT2D eigenvalue weighted by molar-refractivity contribution is 5.57. The van der Waals surface area contributed by atoms with Crippen molar-refractivity contribution in [1.82, 2.24) is 20.1 Å². The molecule has 4 rings (SSSR count). The van der Waals surface area contributed by atoms with Crippen LogP contribution in [0.4, 0.5) is 0 Å². The van der Waals surface area contributed by atoms with Gasteiger partial charge in [-0.15, -0.1) is 0 Å². The van der Waals surface area contributed by atoms with E-state index in [9.17, 15) is 4.79 Å². The molecule has 1 saturated carbocycles. The Morgan fingerprint density at radius 2 is 1.80 bits per heavy atom. The third-order valence-electron chi connectivity index (χ3n) is 5.24. The molecule has 6 heteroatoms. The van der Waals surface area contributed by atoms with Crippen LogP contribution in [0.2, 0.25) is 0 Å². The molecule has 2 aliphatic rings. The maximum atomic E-state index is 12.3. The molecule has 0 amide bonds. The Kier molecular flexibility index (Phi) is 4.90. The van der Waals surface area contributed by atoms with Crippen molar-refractivity contribution >= 4 is 0 Å². The topological polar surface area (TPSA) is 69.0 Å². The Bertz CT molecular complexity index is 748. The van der Waals surface area contributed by atoms with Crippen LogP contribution in [-0.4, -0.2) is 40.1 Å². The molecule has 1 saturated heterocycles. The zero-order valence-electron chi connectivity index (χ0n) is 14.3. The Hall–Kier alpha value is -2.05. The molecule has 2 fully saturated rings. The van der Waals surface area contributed by atoms with Crippen LogP contribution in [0.15, 0.2) is 41.5 Å². The Morgan fingerprint density at radius 1 is 1.00 bits per heavy atom. The third-order valence-corrected chi connectivity index (χ3v) is 5.24. The summed E-state index contributed by atoms with van der Waals surface area (Å²) in [5.41, 5.74) is 1.80. The van der Waals surface area contributed by atoms with Crippen LogP contribution < -0.4 is 10.9 Å². The summed E-state index contributed by atoms with van der Waals surface area (Å²) in [5, 5.41) is 8.33. The van der Waals surface area contributed by atoms with Crippen molar-refractivity contribution in [3.63, 3.8) is 0 Å². The Labute approximate surface area is 147 Å². The van der Waals surface area contributed by atoms with Crippen molar-refractivity contribution in [3.05, 3.63) is 47.0 Å². The Morgan fingerprint density at radius 3 is 2.52 bits per heavy atom. The van der Waals surface area contributed by atoms with Crippen LogP contribution in [0.3, 0.4) is 0 Å². The number of nitrogens with zero attached hydrogens (tertiary/aromatic N) is 3. The zero-order valence-corrected chi connectivity index (χ0v) is 14.3. The number of aromatic nitrogens is 3. The number of ether oxygens (including phenoxy) is 1. The molecule has 1 aliphatic heterocycles. The minimum absolute atomic E-state index is 0.0154. The van der Waals surface area contributed by atoms with E-state index in [0.29, 0.717) is 12.1 Å². The molecule has 1 atom stereocenters. The summed E-state index contributed by atoms with van der Waals surface area (Å²) < 4.78 is 7.12. The first-order valence-corrected chi connectivity index (χ1v) is 9.13. The summed E-state index contributed by atoms with van der Waals surface area (Å²) in [6.45, 7) is 1.70. The maximum absolute atomic E-state index is 12.3. The Balaban J connectivity index is 1.44. The van der Waals surface area contributed by atoms with Gasteiger partial charge in [-0.05, 0) is 50.3 Å². The fourth-order valence-corrected chi connectivity index (χ4v) is 3.85. The van der Waals surface area contributed by atoms with E-state index in [-0.39, 0.29) is 11.6 Å². The van der Waals surface area contributed by atoms with Gasteiger partial charge in [0, 0.05) is 42.7 Å². The van der Waals surface area contributed by atoms with E-state index < -0.39 is 0 Å². The molecular weight excluding hydrogens is 316 g/mol. The van der Waals surface area contributed by atoms with Gasteiger partial charge in [0.05, 0.1) is 18.3 Å². The summed E-state index contributed by atoms with van der Waals surface area (Å²) >= 11 is 0. The SMILES string of the molecule is O=c1ccc(-c2ccncc2)nn1C1CCC(NC2CCOC2)CC1. The van der Waals surface area contributed by atoms with Crippen LogP contribution in [-0.2, 0) is 4.74 Å². The van der Waals surface area contributed by atoms with Crippen molar-refractivity contribution in [3.8, 4) is 11.3 Å². The van der Waals surface area contributed by atoms with Crippen molar-refractivity contribution < 1.29 is 4.74 Å². The second kappa shape index (κ2) is 7.45. The second-order valence-corrected chi connectivity index (χ2v) is 6.97. The molecule has 3 heterocycles. The summed E-state index contributed by atoms with van der Waals surface area (Å²) in [6, 6.07) is 8.47. The standard InChI is InChI=1S/C19H24N4O2/c24-19-6-5-18(14-7-10-20-11-8-14)22-23(19)17-3-1-15(2-4-17)21-16-9-12-25-13-16/h5-8,10-11,15-17,21H,1-4,9,12-13H2. The molecule has 0 aromatic carbocycles. The van der Waals surface area contributed by atoms with Gasteiger partial charge < -0.3 is 10.1 Å². The van der Waals surface area contributed by atoms with Gasteiger partial charge in [-0.1, -0.05) is 0 Å². The van der Waals surface area contributed by atoms with E-state index in [0.717, 1.165) is 56.6 Å². The number of rotatable bonds is 4. The molecule has 132 valence electrons. The molecule has 2 aromatic rings. The number of nitrogens with one attached hydrogen (secondary N) is 1. The van der Waals surface area contributed by atoms with E-state index in [1.165, 1.54) is 0 Å². The van der Waals surface area contributed by atoms with E-state index in [2.05, 4.69) is 15.4 Å². The largest absolute Gasteiger partial charge is 0.380 e. The van der Waals surface area contributed by atoms with E-state index >= 15 is 0 Å². The van der Waals surface area contributed by atoms with Gasteiger partial charge in [0.1, 0.15) is 0 Å². The second-order valence-electron chi connectivity index (χ2n) is 6.97. The minimum Gasteiger partial charge on any atom is -0.380 e. The van der Waals surface area contributed by atoms with Gasteiger partial charge in [-0.3, -0.25) is 9.78 Å². The lowest BCUT2D eigenvalue weighted by Crippen LogP contribution is -2.42. The van der Waals surface area contributed by atoms with Crippen molar-refractivity contribution in [2.45, 2.75) is 50.2 Å². The molecule has 0 radical (unpaired) electrons. The fraction of sp³-hybridized carbons (Fsp3) is 0.526. The predicted molar refractivity (Wildman–Crippen MR) is 95.4 cm³/mol. The van der Waals surface area contributed by atoms with Gasteiger partial charge in [0.2, 0.25) is 0 Å². The van der Waals surface area contributed by atoms with Crippen LogP contribution in [0, 0.1) is 0 Å². The summed E-state index contributed by atoms with van der Waals surface area (Å²) in [5.74, 6) is 0. The van der Waals surface area contributed by atoms with Gasteiger partial charge >= 0.3 is 0 Å². The van der Waals surface area contributed by atoms with Gasteiger partial charge in [-0.2, -0.15) is 5.10 Å². The summed E-state index contributed by atoms with van der Waals surface area (Å²) in [6.07, 6.45) is 8.72. The van der Waals surface area contributed by atoms with Crippen LogP contribution >= 0.6 is 0 Å². The molecule has 25 heavy (non-hydrogen) atoms. The van der Waals surface area contributed by atoms with Crippen LogP contribution in [0.5, 0.6) is 0 Å². The normalized spacial score (nSPS) is 26.6. The quantitative estimate of drug-likeness (QED) is 0.924. The summed E-state index contributed by atoms with van der Waals surface area (Å²) in [7, 11) is 0. The van der Waals surface area contributed by atoms with Crippen LogP contribution in [0.1, 0.15) is 38.1 Å². The highest BCUT2D eigenvalue weighted by Gasteiger charge is 2.26. The first kappa shape index (κ1) is 16.4. The highest BCUT2D eigenvalue weighted by atomic mass is 16.5. The highest BCUT2D eigenvalue weighted by Crippen LogP contribution is 2.28. The number of hydrogen-bond acceptors (Lipinski definition) is 5. The molecule has 2 aromatic heterocycles. The molecule has 0 spiro atoms. The smallest absolute Gasteiger partial charge is 0.267 e. The van der Waals surface area contributed by atoms with Gasteiger partial charge in [0.25, 0.3) is 5.56 Å². The molecule has 1 aliphatic carbocycles. The van der Waals surface area contributed by atoms with Crippen molar-refractivity contribution in [2.24, 2.45) is 0 Å². The van der Waals surface area contributed by atoms with Gasteiger partial charge in [0.15, 0.2) is 0 Å². The van der Waals surface area contributed by atoms with E-state index in [4.69, 9.17) is 4.74 Å². The molecule has 0 bridgehead atoms. The zero-order chi connectivity index (χ0) is 17.1. The minimum atomic E-state index is -0.0154. The molecule has 1 unspecified atom stereocenters. The summed E-state index contributed by atoms with van der Waals surface area (Å²) in [4.78, 5) is 16.4. The van der Waals surface area contributed by atoms with Crippen LogP contribution in [0.25, 0.3) is 11.3 Å². The monoisotopic (exact) mass is 340 g/mol. The lowest BCUT2D eigenvalue weighted by Gasteiger charge is -2.31. The number of pyridine rings is 1. The lowest BCUT2D eigenvalue weighted by atomic mass is 9.90. The predicted octanol–water partition coefficient (Wildman–Crippen LogP) is 2.17. The molecule has 6 nitrogen and oxygen atoms in total. The first-order chi connectivity index (χ1) is 12.3. The third kappa shape index (κ3) is 3.80. The van der Waals surface area contributed by atoms with E-state index in [1.54, 1.807) is 29.2 Å². The molecule has 1 N–H and O–H groups in total. The first-order valence-electron chi connectivity index (χ1n) is 9.13. The molecular formula is C19H24N4O2.